The molecule has 3 rings (SSSR count). The van der Waals surface area contributed by atoms with Gasteiger partial charge in [-0.25, -0.2) is 0 Å². The van der Waals surface area contributed by atoms with Crippen molar-refractivity contribution in [3.8, 4) is 0 Å². The lowest BCUT2D eigenvalue weighted by Gasteiger charge is -2.11. The molecule has 1 aliphatic carbocycles. The molecule has 2 amide bonds. The number of carbonyl (C=O) groups excluding carboxylic acids is 2. The fraction of sp³-hybridized carbons (Fsp3) is 0.222. The molecule has 2 N–H and O–H groups in total. The van der Waals surface area contributed by atoms with E-state index in [1.807, 2.05) is 0 Å². The molecule has 1 fully saturated rings. The second kappa shape index (κ2) is 7.43. The van der Waals surface area contributed by atoms with Crippen molar-refractivity contribution in [2.75, 3.05) is 10.6 Å². The summed E-state index contributed by atoms with van der Waals surface area (Å²) >= 11 is 0. The number of anilines is 2. The van der Waals surface area contributed by atoms with Gasteiger partial charge in [0.1, 0.15) is 5.56 Å². The normalized spacial score (nSPS) is 12.9. The van der Waals surface area contributed by atoms with E-state index in [-0.39, 0.29) is 17.4 Å². The first-order valence-electron chi connectivity index (χ1n) is 8.42. The Morgan fingerprint density at radius 1 is 1.00 bits per heavy atom. The van der Waals surface area contributed by atoms with E-state index < -0.39 is 27.1 Å². The van der Waals surface area contributed by atoms with Gasteiger partial charge >= 0.3 is 0 Å². The van der Waals surface area contributed by atoms with Crippen LogP contribution >= 0.6 is 0 Å². The summed E-state index contributed by atoms with van der Waals surface area (Å²) in [6, 6.07) is 7.66. The van der Waals surface area contributed by atoms with Gasteiger partial charge in [0.2, 0.25) is 5.91 Å². The van der Waals surface area contributed by atoms with Gasteiger partial charge in [-0.15, -0.1) is 0 Å². The van der Waals surface area contributed by atoms with Crippen molar-refractivity contribution >= 4 is 34.6 Å². The Balaban J connectivity index is 1.83. The third kappa shape index (κ3) is 4.11. The molecule has 0 atom stereocenters. The number of aryl methyl sites for hydroxylation is 1. The van der Waals surface area contributed by atoms with Crippen LogP contribution in [0.3, 0.4) is 0 Å². The minimum Gasteiger partial charge on any atom is -0.326 e. The van der Waals surface area contributed by atoms with Gasteiger partial charge in [-0.05, 0) is 43.5 Å². The maximum absolute atomic E-state index is 12.5. The molecular formula is C18H16N4O6. The number of nitro benzene ring substituents is 2. The van der Waals surface area contributed by atoms with Crippen LogP contribution in [-0.2, 0) is 4.79 Å². The first kappa shape index (κ1) is 19.0. The van der Waals surface area contributed by atoms with Gasteiger partial charge in [0.05, 0.1) is 15.9 Å². The van der Waals surface area contributed by atoms with Crippen LogP contribution in [0.25, 0.3) is 0 Å². The topological polar surface area (TPSA) is 144 Å². The van der Waals surface area contributed by atoms with Crippen molar-refractivity contribution in [2.24, 2.45) is 5.92 Å². The van der Waals surface area contributed by atoms with E-state index in [4.69, 9.17) is 0 Å². The molecule has 10 heteroatoms. The molecular weight excluding hydrogens is 368 g/mol. The van der Waals surface area contributed by atoms with Crippen molar-refractivity contribution in [1.29, 1.82) is 0 Å². The summed E-state index contributed by atoms with van der Waals surface area (Å²) in [5.74, 6) is -0.858. The zero-order valence-electron chi connectivity index (χ0n) is 14.8. The maximum atomic E-state index is 12.5. The van der Waals surface area contributed by atoms with Gasteiger partial charge in [0.25, 0.3) is 17.3 Å². The highest BCUT2D eigenvalue weighted by molar-refractivity contribution is 6.07. The maximum Gasteiger partial charge on any atom is 0.289 e. The Kier molecular flexibility index (Phi) is 5.03. The van der Waals surface area contributed by atoms with Crippen LogP contribution < -0.4 is 10.6 Å². The van der Waals surface area contributed by atoms with E-state index in [0.29, 0.717) is 11.4 Å². The number of non-ortho nitro benzene ring substituents is 1. The minimum absolute atomic E-state index is 0.0143. The third-order valence-corrected chi connectivity index (χ3v) is 4.33. The number of hydrogen-bond donors (Lipinski definition) is 2. The Hall–Kier alpha value is -3.82. The second-order valence-electron chi connectivity index (χ2n) is 6.46. The smallest absolute Gasteiger partial charge is 0.289 e. The summed E-state index contributed by atoms with van der Waals surface area (Å²) in [5, 5.41) is 27.3. The molecule has 0 saturated heterocycles. The van der Waals surface area contributed by atoms with Crippen LogP contribution in [0.5, 0.6) is 0 Å². The molecule has 0 radical (unpaired) electrons. The highest BCUT2D eigenvalue weighted by atomic mass is 16.6. The highest BCUT2D eigenvalue weighted by Crippen LogP contribution is 2.31. The molecule has 0 heterocycles. The number of hydrogen-bond acceptors (Lipinski definition) is 6. The van der Waals surface area contributed by atoms with Crippen LogP contribution in [0.15, 0.2) is 36.4 Å². The fourth-order valence-electron chi connectivity index (χ4n) is 2.59. The Morgan fingerprint density at radius 2 is 1.71 bits per heavy atom. The van der Waals surface area contributed by atoms with E-state index in [2.05, 4.69) is 10.6 Å². The molecule has 144 valence electrons. The zero-order valence-corrected chi connectivity index (χ0v) is 14.8. The van der Waals surface area contributed by atoms with Crippen molar-refractivity contribution < 1.29 is 19.4 Å². The van der Waals surface area contributed by atoms with Crippen LogP contribution in [0.4, 0.5) is 22.7 Å². The predicted molar refractivity (Wildman–Crippen MR) is 100 cm³/mol. The Morgan fingerprint density at radius 3 is 2.32 bits per heavy atom. The zero-order chi connectivity index (χ0) is 20.4. The predicted octanol–water partition coefficient (Wildman–Crippen LogP) is 3.41. The number of benzene rings is 2. The Bertz CT molecular complexity index is 1000. The molecule has 2 aromatic carbocycles. The van der Waals surface area contributed by atoms with Crippen molar-refractivity contribution in [3.05, 3.63) is 67.8 Å². The number of nitro groups is 2. The summed E-state index contributed by atoms with van der Waals surface area (Å²) in [7, 11) is 0. The van der Waals surface area contributed by atoms with Gasteiger partial charge < -0.3 is 10.6 Å². The Labute approximate surface area is 158 Å². The summed E-state index contributed by atoms with van der Waals surface area (Å²) in [4.78, 5) is 44.8. The van der Waals surface area contributed by atoms with Gasteiger partial charge in [-0.1, -0.05) is 6.07 Å². The van der Waals surface area contributed by atoms with Crippen molar-refractivity contribution in [2.45, 2.75) is 19.8 Å². The molecule has 0 unspecified atom stereocenters. The molecule has 1 saturated carbocycles. The molecule has 2 aromatic rings. The molecule has 10 nitrogen and oxygen atoms in total. The molecule has 1 aliphatic rings. The van der Waals surface area contributed by atoms with Crippen LogP contribution in [0.2, 0.25) is 0 Å². The molecule has 0 spiro atoms. The SMILES string of the molecule is Cc1ccc(NC(=O)c2ccc([N+](=O)[O-])cc2[N+](=O)[O-])cc1NC(=O)C1CC1. The van der Waals surface area contributed by atoms with Crippen LogP contribution in [-0.4, -0.2) is 21.7 Å². The van der Waals surface area contributed by atoms with Crippen LogP contribution in [0.1, 0.15) is 28.8 Å². The summed E-state index contributed by atoms with van der Waals surface area (Å²) < 4.78 is 0. The number of nitrogens with zero attached hydrogens (tertiary/aromatic N) is 2. The van der Waals surface area contributed by atoms with E-state index in [1.165, 1.54) is 0 Å². The van der Waals surface area contributed by atoms with Gasteiger partial charge in [0, 0.05) is 23.4 Å². The van der Waals surface area contributed by atoms with E-state index >= 15 is 0 Å². The molecule has 0 aromatic heterocycles. The van der Waals surface area contributed by atoms with E-state index in [9.17, 15) is 29.8 Å². The number of nitrogens with one attached hydrogen (secondary N) is 2. The number of amides is 2. The molecule has 0 bridgehead atoms. The largest absolute Gasteiger partial charge is 0.326 e. The minimum atomic E-state index is -0.849. The molecule has 0 aliphatic heterocycles. The summed E-state index contributed by atoms with van der Waals surface area (Å²) in [5.41, 5.74) is 0.208. The first-order valence-corrected chi connectivity index (χ1v) is 8.42. The quantitative estimate of drug-likeness (QED) is 0.577. The summed E-state index contributed by atoms with van der Waals surface area (Å²) in [6.45, 7) is 1.80. The molecule has 28 heavy (non-hydrogen) atoms. The van der Waals surface area contributed by atoms with E-state index in [0.717, 1.165) is 36.6 Å². The van der Waals surface area contributed by atoms with Gasteiger partial charge in [-0.3, -0.25) is 29.8 Å². The standard InChI is InChI=1S/C18H16N4O6/c1-10-2-5-12(8-15(10)20-17(23)11-3-4-11)19-18(24)14-7-6-13(21(25)26)9-16(14)22(27)28/h2,5-9,11H,3-4H2,1H3,(H,19,24)(H,20,23). The highest BCUT2D eigenvalue weighted by Gasteiger charge is 2.30. The third-order valence-electron chi connectivity index (χ3n) is 4.33. The van der Waals surface area contributed by atoms with Crippen molar-refractivity contribution in [1.82, 2.24) is 0 Å². The number of rotatable bonds is 6. The average molecular weight is 384 g/mol. The van der Waals surface area contributed by atoms with Gasteiger partial charge in [0.15, 0.2) is 0 Å². The lowest BCUT2D eigenvalue weighted by atomic mass is 10.1. The lowest BCUT2D eigenvalue weighted by molar-refractivity contribution is -0.394. The van der Waals surface area contributed by atoms with Crippen LogP contribution in [0, 0.1) is 33.1 Å². The van der Waals surface area contributed by atoms with E-state index in [1.54, 1.807) is 25.1 Å². The number of carbonyl (C=O) groups is 2. The van der Waals surface area contributed by atoms with Crippen molar-refractivity contribution in [3.63, 3.8) is 0 Å². The van der Waals surface area contributed by atoms with Gasteiger partial charge in [-0.2, -0.15) is 0 Å². The first-order chi connectivity index (χ1) is 13.3. The average Bonchev–Trinajstić information content (AvgIpc) is 3.49. The summed E-state index contributed by atoms with van der Waals surface area (Å²) in [6.07, 6.45) is 1.70. The monoisotopic (exact) mass is 384 g/mol. The fourth-order valence-corrected chi connectivity index (χ4v) is 2.59. The lowest BCUT2D eigenvalue weighted by Crippen LogP contribution is -2.16. The second-order valence-corrected chi connectivity index (χ2v) is 6.46.